The van der Waals surface area contributed by atoms with Gasteiger partial charge < -0.3 is 4.90 Å². The van der Waals surface area contributed by atoms with Crippen LogP contribution in [0.25, 0.3) is 0 Å². The summed E-state index contributed by atoms with van der Waals surface area (Å²) in [6, 6.07) is 10.5. The maximum absolute atomic E-state index is 12.9. The van der Waals surface area contributed by atoms with Crippen LogP contribution in [0.15, 0.2) is 48.8 Å². The second-order valence-electron chi connectivity index (χ2n) is 6.19. The molecule has 2 heterocycles. The van der Waals surface area contributed by atoms with Gasteiger partial charge in [0.25, 0.3) is 0 Å². The number of hydrogen-bond acceptors (Lipinski definition) is 2. The lowest BCUT2D eigenvalue weighted by Crippen LogP contribution is -2.39. The molecule has 0 radical (unpaired) electrons. The van der Waals surface area contributed by atoms with E-state index in [-0.39, 0.29) is 11.7 Å². The van der Waals surface area contributed by atoms with Crippen molar-refractivity contribution in [2.24, 2.45) is 5.92 Å². The Hall–Kier alpha value is -2.23. The number of likely N-dealkylation sites (tertiary alicyclic amines) is 1. The summed E-state index contributed by atoms with van der Waals surface area (Å²) in [5.41, 5.74) is 2.14. The molecule has 0 atom stereocenters. The maximum Gasteiger partial charge on any atom is 0.227 e. The highest BCUT2D eigenvalue weighted by atomic mass is 19.1. The van der Waals surface area contributed by atoms with Crippen LogP contribution in [0, 0.1) is 11.7 Å². The summed E-state index contributed by atoms with van der Waals surface area (Å²) in [5.74, 6) is 0.561. The number of carbonyl (C=O) groups excluding carboxylic acids is 1. The fraction of sp³-hybridized carbons (Fsp3) is 0.368. The van der Waals surface area contributed by atoms with E-state index in [9.17, 15) is 9.18 Å². The third-order valence-corrected chi connectivity index (χ3v) is 4.48. The van der Waals surface area contributed by atoms with Crippen molar-refractivity contribution in [3.8, 4) is 0 Å². The molecule has 1 aliphatic rings. The number of piperidine rings is 1. The van der Waals surface area contributed by atoms with Gasteiger partial charge in [-0.25, -0.2) is 4.39 Å². The van der Waals surface area contributed by atoms with E-state index in [4.69, 9.17) is 0 Å². The molecule has 0 N–H and O–H groups in total. The molecule has 0 bridgehead atoms. The summed E-state index contributed by atoms with van der Waals surface area (Å²) in [5, 5.41) is 0. The average molecular weight is 312 g/mol. The van der Waals surface area contributed by atoms with E-state index in [0.717, 1.165) is 37.9 Å². The lowest BCUT2D eigenvalue weighted by atomic mass is 9.90. The van der Waals surface area contributed by atoms with Crippen molar-refractivity contribution in [1.29, 1.82) is 0 Å². The highest BCUT2D eigenvalue weighted by Crippen LogP contribution is 2.22. The normalized spacial score (nSPS) is 15.6. The number of nitrogens with zero attached hydrogens (tertiary/aromatic N) is 2. The number of aromatic nitrogens is 1. The molecule has 120 valence electrons. The quantitative estimate of drug-likeness (QED) is 0.868. The van der Waals surface area contributed by atoms with Crippen molar-refractivity contribution in [1.82, 2.24) is 9.88 Å². The van der Waals surface area contributed by atoms with Crippen LogP contribution in [0.1, 0.15) is 24.0 Å². The average Bonchev–Trinajstić information content (AvgIpc) is 2.58. The third kappa shape index (κ3) is 4.38. The van der Waals surface area contributed by atoms with Crippen molar-refractivity contribution < 1.29 is 9.18 Å². The van der Waals surface area contributed by atoms with Crippen LogP contribution < -0.4 is 0 Å². The smallest absolute Gasteiger partial charge is 0.227 e. The van der Waals surface area contributed by atoms with Gasteiger partial charge in [0.15, 0.2) is 0 Å². The number of carbonyl (C=O) groups is 1. The second-order valence-corrected chi connectivity index (χ2v) is 6.19. The molecule has 0 spiro atoms. The standard InChI is InChI=1S/C19H21FN2O/c20-18-5-3-15(4-6-18)12-16-7-10-22(11-8-16)19(23)13-17-2-1-9-21-14-17/h1-6,9,14,16H,7-8,10-13H2. The molecule has 0 aliphatic carbocycles. The van der Waals surface area contributed by atoms with Gasteiger partial charge in [0.05, 0.1) is 6.42 Å². The predicted molar refractivity (Wildman–Crippen MR) is 87.3 cm³/mol. The lowest BCUT2D eigenvalue weighted by molar-refractivity contribution is -0.131. The SMILES string of the molecule is O=C(Cc1cccnc1)N1CCC(Cc2ccc(F)cc2)CC1. The first-order chi connectivity index (χ1) is 11.2. The highest BCUT2D eigenvalue weighted by molar-refractivity contribution is 5.78. The Bertz CT molecular complexity index is 634. The molecule has 23 heavy (non-hydrogen) atoms. The summed E-state index contributed by atoms with van der Waals surface area (Å²) in [7, 11) is 0. The van der Waals surface area contributed by atoms with Crippen LogP contribution in [0.4, 0.5) is 4.39 Å². The molecule has 1 saturated heterocycles. The van der Waals surface area contributed by atoms with E-state index >= 15 is 0 Å². The first kappa shape index (κ1) is 15.7. The van der Waals surface area contributed by atoms with Crippen LogP contribution in [-0.4, -0.2) is 28.9 Å². The zero-order valence-corrected chi connectivity index (χ0v) is 13.1. The van der Waals surface area contributed by atoms with Crippen LogP contribution >= 0.6 is 0 Å². The summed E-state index contributed by atoms with van der Waals surface area (Å²) in [4.78, 5) is 18.3. The van der Waals surface area contributed by atoms with Crippen molar-refractivity contribution >= 4 is 5.91 Å². The molecular weight excluding hydrogens is 291 g/mol. The topological polar surface area (TPSA) is 33.2 Å². The lowest BCUT2D eigenvalue weighted by Gasteiger charge is -2.32. The Morgan fingerprint density at radius 2 is 1.87 bits per heavy atom. The molecular formula is C19H21FN2O. The molecule has 1 aromatic heterocycles. The molecule has 0 saturated carbocycles. The van der Waals surface area contributed by atoms with Crippen LogP contribution in [0.3, 0.4) is 0 Å². The van der Waals surface area contributed by atoms with Gasteiger partial charge in [0.1, 0.15) is 5.82 Å². The fourth-order valence-electron chi connectivity index (χ4n) is 3.13. The molecule has 2 aromatic rings. The number of halogens is 1. The van der Waals surface area contributed by atoms with E-state index < -0.39 is 0 Å². The molecule has 3 rings (SSSR count). The number of rotatable bonds is 4. The molecule has 3 nitrogen and oxygen atoms in total. The Balaban J connectivity index is 1.48. The van der Waals surface area contributed by atoms with Gasteiger partial charge in [-0.2, -0.15) is 0 Å². The van der Waals surface area contributed by atoms with Crippen LogP contribution in [0.2, 0.25) is 0 Å². The van der Waals surface area contributed by atoms with Gasteiger partial charge in [0.2, 0.25) is 5.91 Å². The summed E-state index contributed by atoms with van der Waals surface area (Å²) in [6.45, 7) is 1.62. The largest absolute Gasteiger partial charge is 0.342 e. The molecule has 1 aromatic carbocycles. The first-order valence-electron chi connectivity index (χ1n) is 8.12. The van der Waals surface area contributed by atoms with Crippen molar-refractivity contribution in [3.05, 3.63) is 65.7 Å². The minimum atomic E-state index is -0.190. The van der Waals surface area contributed by atoms with Gasteiger partial charge in [-0.1, -0.05) is 18.2 Å². The molecule has 1 aliphatic heterocycles. The zero-order valence-electron chi connectivity index (χ0n) is 13.1. The predicted octanol–water partition coefficient (Wildman–Crippen LogP) is 3.24. The highest BCUT2D eigenvalue weighted by Gasteiger charge is 2.23. The molecule has 1 amide bonds. The van der Waals surface area contributed by atoms with Gasteiger partial charge in [-0.3, -0.25) is 9.78 Å². The monoisotopic (exact) mass is 312 g/mol. The minimum absolute atomic E-state index is 0.179. The molecule has 0 unspecified atom stereocenters. The number of benzene rings is 1. The number of pyridine rings is 1. The van der Waals surface area contributed by atoms with Gasteiger partial charge in [-0.05, 0) is 54.5 Å². The fourth-order valence-corrected chi connectivity index (χ4v) is 3.13. The zero-order chi connectivity index (χ0) is 16.1. The van der Waals surface area contributed by atoms with Crippen LogP contribution in [-0.2, 0) is 17.6 Å². The number of amides is 1. The minimum Gasteiger partial charge on any atom is -0.342 e. The summed E-state index contributed by atoms with van der Waals surface area (Å²) in [6.07, 6.45) is 6.88. The summed E-state index contributed by atoms with van der Waals surface area (Å²) >= 11 is 0. The van der Waals surface area contributed by atoms with Crippen molar-refractivity contribution in [2.75, 3.05) is 13.1 Å². The van der Waals surface area contributed by atoms with Gasteiger partial charge in [0, 0.05) is 25.5 Å². The Kier molecular flexibility index (Phi) is 5.01. The van der Waals surface area contributed by atoms with E-state index in [1.54, 1.807) is 12.4 Å². The van der Waals surface area contributed by atoms with Gasteiger partial charge in [-0.15, -0.1) is 0 Å². The Morgan fingerprint density at radius 1 is 1.13 bits per heavy atom. The number of hydrogen-bond donors (Lipinski definition) is 0. The van der Waals surface area contributed by atoms with E-state index in [1.165, 1.54) is 17.7 Å². The first-order valence-corrected chi connectivity index (χ1v) is 8.12. The molecule has 4 heteroatoms. The Labute approximate surface area is 136 Å². The van der Waals surface area contributed by atoms with E-state index in [0.29, 0.717) is 12.3 Å². The van der Waals surface area contributed by atoms with E-state index in [1.807, 2.05) is 29.2 Å². The maximum atomic E-state index is 12.9. The third-order valence-electron chi connectivity index (χ3n) is 4.48. The van der Waals surface area contributed by atoms with Crippen molar-refractivity contribution in [3.63, 3.8) is 0 Å². The van der Waals surface area contributed by atoms with Gasteiger partial charge >= 0.3 is 0 Å². The molecule has 1 fully saturated rings. The summed E-state index contributed by atoms with van der Waals surface area (Å²) < 4.78 is 12.9. The second kappa shape index (κ2) is 7.36. The van der Waals surface area contributed by atoms with E-state index in [2.05, 4.69) is 4.98 Å². The van der Waals surface area contributed by atoms with Crippen molar-refractivity contribution in [2.45, 2.75) is 25.7 Å². The Morgan fingerprint density at radius 3 is 2.52 bits per heavy atom. The van der Waals surface area contributed by atoms with Crippen LogP contribution in [0.5, 0.6) is 0 Å².